The number of nitrogens with zero attached hydrogens (tertiary/aromatic N) is 3. The van der Waals surface area contributed by atoms with Crippen LogP contribution in [-0.2, 0) is 4.74 Å². The van der Waals surface area contributed by atoms with Crippen LogP contribution in [0.25, 0.3) is 0 Å². The van der Waals surface area contributed by atoms with Gasteiger partial charge in [-0.2, -0.15) is 0 Å². The highest BCUT2D eigenvalue weighted by Gasteiger charge is 2.14. The second kappa shape index (κ2) is 9.44. The van der Waals surface area contributed by atoms with E-state index in [-0.39, 0.29) is 5.69 Å². The molecule has 23 heavy (non-hydrogen) atoms. The molecular formula is C16H25N3O4. The van der Waals surface area contributed by atoms with Gasteiger partial charge in [-0.15, -0.1) is 0 Å². The van der Waals surface area contributed by atoms with Crippen molar-refractivity contribution in [2.45, 2.75) is 6.92 Å². The molecule has 1 saturated heterocycles. The number of non-ortho nitro benzene ring substituents is 1. The van der Waals surface area contributed by atoms with Crippen LogP contribution in [0.15, 0.2) is 24.3 Å². The van der Waals surface area contributed by atoms with Crippen molar-refractivity contribution in [1.29, 1.82) is 0 Å². The van der Waals surface area contributed by atoms with Gasteiger partial charge in [0.1, 0.15) is 12.4 Å². The van der Waals surface area contributed by atoms with Gasteiger partial charge < -0.3 is 14.4 Å². The van der Waals surface area contributed by atoms with Crippen LogP contribution in [0.1, 0.15) is 6.92 Å². The topological polar surface area (TPSA) is 68.1 Å². The molecule has 2 rings (SSSR count). The van der Waals surface area contributed by atoms with E-state index in [9.17, 15) is 10.1 Å². The Morgan fingerprint density at radius 1 is 1.04 bits per heavy atom. The van der Waals surface area contributed by atoms with Crippen molar-refractivity contribution in [2.75, 3.05) is 59.1 Å². The van der Waals surface area contributed by atoms with E-state index in [0.717, 1.165) is 39.3 Å². The molecule has 0 bridgehead atoms. The Balaban J connectivity index is 1.52. The van der Waals surface area contributed by atoms with Crippen molar-refractivity contribution in [3.63, 3.8) is 0 Å². The van der Waals surface area contributed by atoms with Crippen LogP contribution < -0.4 is 4.74 Å². The Kier molecular flexibility index (Phi) is 7.25. The number of likely N-dealkylation sites (N-methyl/N-ethyl adjacent to an activating group) is 1. The molecule has 0 aromatic heterocycles. The fraction of sp³-hybridized carbons (Fsp3) is 0.625. The van der Waals surface area contributed by atoms with Crippen LogP contribution >= 0.6 is 0 Å². The fourth-order valence-corrected chi connectivity index (χ4v) is 2.51. The molecule has 0 spiro atoms. The summed E-state index contributed by atoms with van der Waals surface area (Å²) in [7, 11) is 0. The number of ether oxygens (including phenoxy) is 2. The minimum absolute atomic E-state index is 0.0665. The normalized spacial score (nSPS) is 16.4. The summed E-state index contributed by atoms with van der Waals surface area (Å²) in [5, 5.41) is 10.5. The first-order valence-corrected chi connectivity index (χ1v) is 8.08. The SMILES string of the molecule is CCN1CCN(CCOCCOc2ccc([N+](=O)[O-])cc2)CC1. The maximum Gasteiger partial charge on any atom is 0.269 e. The van der Waals surface area contributed by atoms with Crippen molar-refractivity contribution in [2.24, 2.45) is 0 Å². The summed E-state index contributed by atoms with van der Waals surface area (Å²) in [4.78, 5) is 15.0. The third kappa shape index (κ3) is 6.13. The number of rotatable bonds is 9. The third-order valence-corrected chi connectivity index (χ3v) is 4.01. The van der Waals surface area contributed by atoms with Gasteiger partial charge in [0.25, 0.3) is 5.69 Å². The van der Waals surface area contributed by atoms with Gasteiger partial charge in [-0.3, -0.25) is 15.0 Å². The molecule has 1 aromatic carbocycles. The maximum atomic E-state index is 10.5. The molecule has 0 amide bonds. The average Bonchev–Trinajstić information content (AvgIpc) is 2.59. The fourth-order valence-electron chi connectivity index (χ4n) is 2.51. The molecule has 0 unspecified atom stereocenters. The first-order valence-electron chi connectivity index (χ1n) is 8.08. The summed E-state index contributed by atoms with van der Waals surface area (Å²) in [6, 6.07) is 6.08. The van der Waals surface area contributed by atoms with Crippen LogP contribution in [0.5, 0.6) is 5.75 Å². The highest BCUT2D eigenvalue weighted by atomic mass is 16.6. The van der Waals surface area contributed by atoms with Gasteiger partial charge in [0, 0.05) is 44.9 Å². The second-order valence-electron chi connectivity index (χ2n) is 5.49. The van der Waals surface area contributed by atoms with Gasteiger partial charge in [-0.05, 0) is 18.7 Å². The summed E-state index contributed by atoms with van der Waals surface area (Å²) >= 11 is 0. The molecule has 7 heteroatoms. The Hall–Kier alpha value is -1.70. The molecule has 1 aliphatic heterocycles. The van der Waals surface area contributed by atoms with Gasteiger partial charge in [-0.25, -0.2) is 0 Å². The lowest BCUT2D eigenvalue weighted by Gasteiger charge is -2.33. The smallest absolute Gasteiger partial charge is 0.269 e. The monoisotopic (exact) mass is 323 g/mol. The number of benzene rings is 1. The summed E-state index contributed by atoms with van der Waals surface area (Å²) in [5.41, 5.74) is 0.0665. The summed E-state index contributed by atoms with van der Waals surface area (Å²) in [6.07, 6.45) is 0. The van der Waals surface area contributed by atoms with E-state index in [1.165, 1.54) is 12.1 Å². The lowest BCUT2D eigenvalue weighted by Crippen LogP contribution is -2.47. The molecule has 128 valence electrons. The van der Waals surface area contributed by atoms with Crippen LogP contribution in [0.4, 0.5) is 5.69 Å². The molecule has 1 fully saturated rings. The van der Waals surface area contributed by atoms with Gasteiger partial charge in [0.2, 0.25) is 0 Å². The molecule has 0 radical (unpaired) electrons. The van der Waals surface area contributed by atoms with Crippen LogP contribution in [-0.4, -0.2) is 73.8 Å². The van der Waals surface area contributed by atoms with Crippen LogP contribution in [0.3, 0.4) is 0 Å². The predicted molar refractivity (Wildman–Crippen MR) is 88.0 cm³/mol. The molecular weight excluding hydrogens is 298 g/mol. The van der Waals surface area contributed by atoms with Gasteiger partial charge in [0.15, 0.2) is 0 Å². The van der Waals surface area contributed by atoms with E-state index in [1.54, 1.807) is 12.1 Å². The largest absolute Gasteiger partial charge is 0.491 e. The van der Waals surface area contributed by atoms with Gasteiger partial charge >= 0.3 is 0 Å². The number of nitro benzene ring substituents is 1. The lowest BCUT2D eigenvalue weighted by molar-refractivity contribution is -0.384. The van der Waals surface area contributed by atoms with Crippen molar-refractivity contribution < 1.29 is 14.4 Å². The van der Waals surface area contributed by atoms with E-state index < -0.39 is 4.92 Å². The van der Waals surface area contributed by atoms with Crippen molar-refractivity contribution in [3.8, 4) is 5.75 Å². The summed E-state index contributed by atoms with van der Waals surface area (Å²) in [6.45, 7) is 10.4. The first-order chi connectivity index (χ1) is 11.2. The van der Waals surface area contributed by atoms with E-state index >= 15 is 0 Å². The molecule has 7 nitrogen and oxygen atoms in total. The molecule has 0 atom stereocenters. The Morgan fingerprint density at radius 3 is 2.30 bits per heavy atom. The van der Waals surface area contributed by atoms with E-state index in [2.05, 4.69) is 16.7 Å². The Labute approximate surface area is 136 Å². The number of hydrogen-bond acceptors (Lipinski definition) is 6. The number of hydrogen-bond donors (Lipinski definition) is 0. The molecule has 0 N–H and O–H groups in total. The van der Waals surface area contributed by atoms with E-state index in [4.69, 9.17) is 9.47 Å². The van der Waals surface area contributed by atoms with Crippen LogP contribution in [0.2, 0.25) is 0 Å². The van der Waals surface area contributed by atoms with Crippen molar-refractivity contribution >= 4 is 5.69 Å². The van der Waals surface area contributed by atoms with Crippen molar-refractivity contribution in [3.05, 3.63) is 34.4 Å². The summed E-state index contributed by atoms with van der Waals surface area (Å²) in [5.74, 6) is 0.620. The summed E-state index contributed by atoms with van der Waals surface area (Å²) < 4.78 is 11.1. The molecule has 1 heterocycles. The van der Waals surface area contributed by atoms with Gasteiger partial charge in [-0.1, -0.05) is 6.92 Å². The van der Waals surface area contributed by atoms with Gasteiger partial charge in [0.05, 0.1) is 18.1 Å². The average molecular weight is 323 g/mol. The van der Waals surface area contributed by atoms with E-state index in [1.807, 2.05) is 0 Å². The highest BCUT2D eigenvalue weighted by Crippen LogP contribution is 2.17. The minimum atomic E-state index is -0.423. The maximum absolute atomic E-state index is 10.5. The Bertz CT molecular complexity index is 473. The zero-order valence-corrected chi connectivity index (χ0v) is 13.6. The number of piperazine rings is 1. The molecule has 1 aliphatic rings. The highest BCUT2D eigenvalue weighted by molar-refractivity contribution is 5.35. The first kappa shape index (κ1) is 17.7. The predicted octanol–water partition coefficient (Wildman–Crippen LogP) is 1.63. The quantitative estimate of drug-likeness (QED) is 0.391. The van der Waals surface area contributed by atoms with E-state index in [0.29, 0.717) is 25.6 Å². The number of nitro groups is 1. The van der Waals surface area contributed by atoms with Crippen LogP contribution in [0, 0.1) is 10.1 Å². The molecule has 1 aromatic rings. The minimum Gasteiger partial charge on any atom is -0.491 e. The Morgan fingerprint density at radius 2 is 1.70 bits per heavy atom. The zero-order chi connectivity index (χ0) is 16.5. The molecule has 0 aliphatic carbocycles. The third-order valence-electron chi connectivity index (χ3n) is 4.01. The standard InChI is InChI=1S/C16H25N3O4/c1-2-17-7-9-18(10-8-17)11-12-22-13-14-23-16-5-3-15(4-6-16)19(20)21/h3-6H,2,7-14H2,1H3. The molecule has 0 saturated carbocycles. The zero-order valence-electron chi connectivity index (χ0n) is 13.6. The lowest BCUT2D eigenvalue weighted by atomic mass is 10.3. The van der Waals surface area contributed by atoms with Crippen molar-refractivity contribution in [1.82, 2.24) is 9.80 Å². The second-order valence-corrected chi connectivity index (χ2v) is 5.49.